The van der Waals surface area contributed by atoms with Gasteiger partial charge in [0.05, 0.1) is 19.6 Å². The van der Waals surface area contributed by atoms with Gasteiger partial charge in [0.15, 0.2) is 0 Å². The largest absolute Gasteiger partial charge is 0.480 e. The summed E-state index contributed by atoms with van der Waals surface area (Å²) < 4.78 is 10.4. The van der Waals surface area contributed by atoms with E-state index >= 15 is 0 Å². The maximum atomic E-state index is 5.36. The van der Waals surface area contributed by atoms with Crippen LogP contribution in [0.3, 0.4) is 0 Å². The van der Waals surface area contributed by atoms with Crippen molar-refractivity contribution >= 4 is 11.0 Å². The van der Waals surface area contributed by atoms with E-state index in [0.717, 1.165) is 24.0 Å². The average molecular weight is 262 g/mol. The van der Waals surface area contributed by atoms with E-state index in [1.165, 1.54) is 18.4 Å². The highest BCUT2D eigenvalue weighted by Gasteiger charge is 2.20. The number of fused-ring (bicyclic) bond motifs is 1. The van der Waals surface area contributed by atoms with E-state index in [0.29, 0.717) is 17.9 Å². The second-order valence-corrected chi connectivity index (χ2v) is 4.75. The highest BCUT2D eigenvalue weighted by atomic mass is 16.5. The summed E-state index contributed by atoms with van der Waals surface area (Å²) in [6, 6.07) is 0.850. The summed E-state index contributed by atoms with van der Waals surface area (Å²) in [6.07, 6.45) is 5.41. The topological polar surface area (TPSA) is 72.1 Å². The van der Waals surface area contributed by atoms with Crippen LogP contribution in [-0.4, -0.2) is 41.8 Å². The fourth-order valence-electron chi connectivity index (χ4n) is 2.64. The van der Waals surface area contributed by atoms with Gasteiger partial charge in [-0.1, -0.05) is 0 Å². The van der Waals surface area contributed by atoms with Crippen LogP contribution in [0.5, 0.6) is 11.9 Å². The standard InChI is InChI=1S/C13H18N4O2/c1-18-12-10-8(6-9-4-3-5-14-9)7-15-11(10)16-13(17-12)19-2/h7,9,14H,3-6H2,1-2H3,(H,15,16,17). The van der Waals surface area contributed by atoms with Gasteiger partial charge < -0.3 is 19.8 Å². The molecule has 1 atom stereocenters. The van der Waals surface area contributed by atoms with E-state index in [1.807, 2.05) is 6.20 Å². The quantitative estimate of drug-likeness (QED) is 0.868. The van der Waals surface area contributed by atoms with Crippen molar-refractivity contribution < 1.29 is 9.47 Å². The zero-order valence-corrected chi connectivity index (χ0v) is 11.2. The predicted octanol–water partition coefficient (Wildman–Crippen LogP) is 1.27. The van der Waals surface area contributed by atoms with Gasteiger partial charge in [0, 0.05) is 12.2 Å². The molecule has 2 N–H and O–H groups in total. The Labute approximate surface area is 111 Å². The Kier molecular flexibility index (Phi) is 3.25. The van der Waals surface area contributed by atoms with Crippen molar-refractivity contribution in [1.82, 2.24) is 20.3 Å². The average Bonchev–Trinajstić information content (AvgIpc) is 3.08. The lowest BCUT2D eigenvalue weighted by molar-refractivity contribution is 0.356. The van der Waals surface area contributed by atoms with E-state index in [4.69, 9.17) is 9.47 Å². The Morgan fingerprint density at radius 3 is 2.89 bits per heavy atom. The molecule has 0 bridgehead atoms. The Morgan fingerprint density at radius 1 is 1.32 bits per heavy atom. The molecule has 0 aliphatic carbocycles. The second kappa shape index (κ2) is 5.05. The van der Waals surface area contributed by atoms with Crippen LogP contribution in [-0.2, 0) is 6.42 Å². The van der Waals surface area contributed by atoms with E-state index in [9.17, 15) is 0 Å². The highest BCUT2D eigenvalue weighted by Crippen LogP contribution is 2.29. The maximum absolute atomic E-state index is 5.36. The van der Waals surface area contributed by atoms with Crippen LogP contribution in [0.4, 0.5) is 0 Å². The molecule has 0 spiro atoms. The molecule has 0 aromatic carbocycles. The lowest BCUT2D eigenvalue weighted by Gasteiger charge is -2.10. The van der Waals surface area contributed by atoms with Crippen molar-refractivity contribution in [1.29, 1.82) is 0 Å². The first-order chi connectivity index (χ1) is 9.31. The molecule has 2 aromatic rings. The number of hydrogen-bond donors (Lipinski definition) is 2. The Hall–Kier alpha value is -1.82. The van der Waals surface area contributed by atoms with Crippen LogP contribution in [0, 0.1) is 0 Å². The predicted molar refractivity (Wildman–Crippen MR) is 71.7 cm³/mol. The third-order valence-corrected chi connectivity index (χ3v) is 3.56. The van der Waals surface area contributed by atoms with Gasteiger partial charge in [0.25, 0.3) is 0 Å². The lowest BCUT2D eigenvalue weighted by atomic mass is 10.1. The van der Waals surface area contributed by atoms with Gasteiger partial charge in [-0.2, -0.15) is 9.97 Å². The van der Waals surface area contributed by atoms with Crippen molar-refractivity contribution in [2.45, 2.75) is 25.3 Å². The molecule has 1 saturated heterocycles. The number of aromatic amines is 1. The molecule has 1 aliphatic heterocycles. The molecule has 0 saturated carbocycles. The Bertz CT molecular complexity index is 575. The van der Waals surface area contributed by atoms with Crippen molar-refractivity contribution in [2.24, 2.45) is 0 Å². The second-order valence-electron chi connectivity index (χ2n) is 4.75. The summed E-state index contributed by atoms with van der Waals surface area (Å²) in [5, 5.41) is 4.45. The van der Waals surface area contributed by atoms with Crippen molar-refractivity contribution in [3.05, 3.63) is 11.8 Å². The first kappa shape index (κ1) is 12.2. The van der Waals surface area contributed by atoms with Crippen LogP contribution in [0.15, 0.2) is 6.20 Å². The molecule has 3 rings (SSSR count). The number of nitrogens with zero attached hydrogens (tertiary/aromatic N) is 2. The van der Waals surface area contributed by atoms with E-state index in [1.54, 1.807) is 14.2 Å². The van der Waals surface area contributed by atoms with E-state index < -0.39 is 0 Å². The molecule has 1 fully saturated rings. The molecule has 1 aliphatic rings. The minimum absolute atomic E-state index is 0.316. The Balaban J connectivity index is 2.00. The molecule has 6 nitrogen and oxygen atoms in total. The van der Waals surface area contributed by atoms with Crippen LogP contribution in [0.2, 0.25) is 0 Å². The van der Waals surface area contributed by atoms with Gasteiger partial charge in [0.1, 0.15) is 5.65 Å². The minimum Gasteiger partial charge on any atom is -0.480 e. The number of nitrogens with one attached hydrogen (secondary N) is 2. The van der Waals surface area contributed by atoms with Gasteiger partial charge in [-0.3, -0.25) is 0 Å². The van der Waals surface area contributed by atoms with Gasteiger partial charge in [-0.15, -0.1) is 0 Å². The van der Waals surface area contributed by atoms with Gasteiger partial charge in [0.2, 0.25) is 5.88 Å². The number of aromatic nitrogens is 3. The van der Waals surface area contributed by atoms with E-state index in [-0.39, 0.29) is 0 Å². The molecule has 2 aromatic heterocycles. The summed E-state index contributed by atoms with van der Waals surface area (Å²) in [5.41, 5.74) is 1.95. The maximum Gasteiger partial charge on any atom is 0.321 e. The summed E-state index contributed by atoms with van der Waals surface area (Å²) in [5.74, 6) is 0.566. The lowest BCUT2D eigenvalue weighted by Crippen LogP contribution is -2.23. The molecule has 19 heavy (non-hydrogen) atoms. The summed E-state index contributed by atoms with van der Waals surface area (Å²) in [6.45, 7) is 1.11. The summed E-state index contributed by atoms with van der Waals surface area (Å²) >= 11 is 0. The zero-order chi connectivity index (χ0) is 13.2. The van der Waals surface area contributed by atoms with Crippen LogP contribution in [0.1, 0.15) is 18.4 Å². The fraction of sp³-hybridized carbons (Fsp3) is 0.538. The molecule has 1 unspecified atom stereocenters. The zero-order valence-electron chi connectivity index (χ0n) is 11.2. The molecular formula is C13H18N4O2. The normalized spacial score (nSPS) is 18.9. The van der Waals surface area contributed by atoms with Crippen LogP contribution < -0.4 is 14.8 Å². The molecule has 0 radical (unpaired) electrons. The van der Waals surface area contributed by atoms with Gasteiger partial charge in [-0.05, 0) is 31.4 Å². The number of H-pyrrole nitrogens is 1. The number of methoxy groups -OCH3 is 2. The smallest absolute Gasteiger partial charge is 0.321 e. The van der Waals surface area contributed by atoms with E-state index in [2.05, 4.69) is 20.3 Å². The SMILES string of the molecule is COc1nc(OC)c2c(CC3CCCN3)c[nH]c2n1. The van der Waals surface area contributed by atoms with Crippen molar-refractivity contribution in [3.8, 4) is 11.9 Å². The first-order valence-electron chi connectivity index (χ1n) is 6.51. The molecule has 3 heterocycles. The highest BCUT2D eigenvalue weighted by molar-refractivity contribution is 5.85. The van der Waals surface area contributed by atoms with Crippen molar-refractivity contribution in [3.63, 3.8) is 0 Å². The van der Waals surface area contributed by atoms with Crippen LogP contribution >= 0.6 is 0 Å². The first-order valence-corrected chi connectivity index (χ1v) is 6.51. The summed E-state index contributed by atoms with van der Waals surface area (Å²) in [7, 11) is 3.17. The van der Waals surface area contributed by atoms with Crippen molar-refractivity contribution in [2.75, 3.05) is 20.8 Å². The molecule has 0 amide bonds. The van der Waals surface area contributed by atoms with Crippen LogP contribution in [0.25, 0.3) is 11.0 Å². The third-order valence-electron chi connectivity index (χ3n) is 3.56. The molecule has 102 valence electrons. The summed E-state index contributed by atoms with van der Waals surface area (Å²) in [4.78, 5) is 11.7. The number of ether oxygens (including phenoxy) is 2. The fourth-order valence-corrected chi connectivity index (χ4v) is 2.64. The monoisotopic (exact) mass is 262 g/mol. The van der Waals surface area contributed by atoms with Gasteiger partial charge >= 0.3 is 6.01 Å². The third kappa shape index (κ3) is 2.23. The molecule has 6 heteroatoms. The number of rotatable bonds is 4. The number of hydrogen-bond acceptors (Lipinski definition) is 5. The Morgan fingerprint density at radius 2 is 2.21 bits per heavy atom. The minimum atomic E-state index is 0.316. The van der Waals surface area contributed by atoms with Gasteiger partial charge in [-0.25, -0.2) is 0 Å². The molecular weight excluding hydrogens is 244 g/mol.